The lowest BCUT2D eigenvalue weighted by atomic mass is 10.00. The van der Waals surface area contributed by atoms with Crippen molar-refractivity contribution < 1.29 is 19.4 Å². The van der Waals surface area contributed by atoms with Crippen LogP contribution in [-0.4, -0.2) is 41.4 Å². The molecule has 1 fully saturated rings. The van der Waals surface area contributed by atoms with Crippen LogP contribution >= 0.6 is 0 Å². The molecule has 27 heavy (non-hydrogen) atoms. The Morgan fingerprint density at radius 3 is 2.81 bits per heavy atom. The highest BCUT2D eigenvalue weighted by molar-refractivity contribution is 6.01. The average molecular weight is 365 g/mol. The minimum atomic E-state index is -0.147. The van der Waals surface area contributed by atoms with E-state index in [2.05, 4.69) is 6.58 Å². The van der Waals surface area contributed by atoms with Crippen LogP contribution in [0.3, 0.4) is 0 Å². The van der Waals surface area contributed by atoms with Crippen molar-refractivity contribution in [2.75, 3.05) is 13.2 Å². The third-order valence-electron chi connectivity index (χ3n) is 4.88. The summed E-state index contributed by atoms with van der Waals surface area (Å²) in [5, 5.41) is 9.93. The van der Waals surface area contributed by atoms with Gasteiger partial charge in [0.25, 0.3) is 5.91 Å². The predicted molar refractivity (Wildman–Crippen MR) is 104 cm³/mol. The maximum Gasteiger partial charge on any atom is 0.254 e. The molecule has 0 unspecified atom stereocenters. The maximum atomic E-state index is 13.0. The highest BCUT2D eigenvalue weighted by Gasteiger charge is 2.29. The molecule has 0 aliphatic carbocycles. The van der Waals surface area contributed by atoms with Gasteiger partial charge in [0.2, 0.25) is 0 Å². The Bertz CT molecular complexity index is 846. The lowest BCUT2D eigenvalue weighted by molar-refractivity contribution is 0.0526. The summed E-state index contributed by atoms with van der Waals surface area (Å²) in [6, 6.07) is 11.8. The first-order valence-corrected chi connectivity index (χ1v) is 9.08. The molecule has 1 atom stereocenters. The monoisotopic (exact) mass is 365 g/mol. The van der Waals surface area contributed by atoms with Crippen LogP contribution < -0.4 is 4.74 Å². The van der Waals surface area contributed by atoms with Crippen molar-refractivity contribution in [3.8, 4) is 11.5 Å². The fourth-order valence-corrected chi connectivity index (χ4v) is 3.44. The van der Waals surface area contributed by atoms with Crippen LogP contribution in [0.2, 0.25) is 0 Å². The van der Waals surface area contributed by atoms with E-state index in [1.54, 1.807) is 53.4 Å². The van der Waals surface area contributed by atoms with Gasteiger partial charge in [0, 0.05) is 12.1 Å². The number of aromatic hydroxyl groups is 1. The molecule has 1 aliphatic heterocycles. The molecular formula is C22H23NO4. The van der Waals surface area contributed by atoms with E-state index >= 15 is 0 Å². The minimum Gasteiger partial charge on any atom is -0.507 e. The fraction of sp³-hybridized carbons (Fsp3) is 0.273. The lowest BCUT2D eigenvalue weighted by Gasteiger charge is -2.36. The number of nitrogens with zero attached hydrogens (tertiary/aromatic N) is 1. The number of ether oxygens (including phenoxy) is 1. The van der Waals surface area contributed by atoms with Gasteiger partial charge in [-0.3, -0.25) is 9.59 Å². The summed E-state index contributed by atoms with van der Waals surface area (Å²) in [6.45, 7) is 4.66. The second-order valence-electron chi connectivity index (χ2n) is 6.56. The van der Waals surface area contributed by atoms with Gasteiger partial charge in [-0.2, -0.15) is 0 Å². The standard InChI is InChI=1S/C22H23NO4/c1-2-18-20(25)11-7-12-21(18)27-15-17-9-5-6-13-23(17)22(26)19-10-4-3-8-16(19)14-24/h2-4,7-8,10-12,14,17,25H,1,5-6,9,13,15H2/t17-/m0/s1. The minimum absolute atomic E-state index is 0.0917. The van der Waals surface area contributed by atoms with E-state index in [1.165, 1.54) is 0 Å². The first kappa shape index (κ1) is 18.7. The summed E-state index contributed by atoms with van der Waals surface area (Å²) in [4.78, 5) is 26.1. The predicted octanol–water partition coefficient (Wildman–Crippen LogP) is 3.92. The molecule has 140 valence electrons. The van der Waals surface area contributed by atoms with Crippen LogP contribution in [0, 0.1) is 0 Å². The number of carbonyl (C=O) groups is 2. The van der Waals surface area contributed by atoms with Crippen LogP contribution in [0.5, 0.6) is 11.5 Å². The second-order valence-corrected chi connectivity index (χ2v) is 6.56. The normalized spacial score (nSPS) is 16.6. The van der Waals surface area contributed by atoms with Crippen LogP contribution in [0.4, 0.5) is 0 Å². The van der Waals surface area contributed by atoms with E-state index < -0.39 is 0 Å². The number of carbonyl (C=O) groups excluding carboxylic acids is 2. The zero-order valence-electron chi connectivity index (χ0n) is 15.1. The lowest BCUT2D eigenvalue weighted by Crippen LogP contribution is -2.47. The largest absolute Gasteiger partial charge is 0.507 e. The van der Waals surface area contributed by atoms with Gasteiger partial charge >= 0.3 is 0 Å². The number of rotatable bonds is 6. The molecule has 2 aromatic rings. The number of phenols is 1. The van der Waals surface area contributed by atoms with Gasteiger partial charge in [-0.1, -0.05) is 36.9 Å². The summed E-state index contributed by atoms with van der Waals surface area (Å²) in [6.07, 6.45) is 5.04. The number of aldehydes is 1. The quantitative estimate of drug-likeness (QED) is 0.788. The maximum absolute atomic E-state index is 13.0. The highest BCUT2D eigenvalue weighted by atomic mass is 16.5. The number of piperidine rings is 1. The van der Waals surface area contributed by atoms with Crippen molar-refractivity contribution in [3.63, 3.8) is 0 Å². The van der Waals surface area contributed by atoms with E-state index in [0.717, 1.165) is 19.3 Å². The Kier molecular flexibility index (Phi) is 5.91. The van der Waals surface area contributed by atoms with Gasteiger partial charge < -0.3 is 14.7 Å². The number of likely N-dealkylation sites (tertiary alicyclic amines) is 1. The first-order valence-electron chi connectivity index (χ1n) is 9.08. The van der Waals surface area contributed by atoms with Crippen LogP contribution in [0.1, 0.15) is 45.5 Å². The average Bonchev–Trinajstić information content (AvgIpc) is 2.72. The molecule has 0 saturated carbocycles. The summed E-state index contributed by atoms with van der Waals surface area (Å²) in [5.74, 6) is 0.501. The molecule has 1 aliphatic rings. The number of hydrogen-bond donors (Lipinski definition) is 1. The SMILES string of the molecule is C=Cc1c(O)cccc1OC[C@@H]1CCCCN1C(=O)c1ccccc1C=O. The van der Waals surface area contributed by atoms with Crippen molar-refractivity contribution in [1.29, 1.82) is 0 Å². The van der Waals surface area contributed by atoms with E-state index in [9.17, 15) is 14.7 Å². The van der Waals surface area contributed by atoms with Gasteiger partial charge in [0.1, 0.15) is 18.1 Å². The molecule has 2 aromatic carbocycles. The van der Waals surface area contributed by atoms with Gasteiger partial charge in [-0.25, -0.2) is 0 Å². The molecule has 1 amide bonds. The van der Waals surface area contributed by atoms with Gasteiger partial charge in [-0.05, 0) is 37.5 Å². The van der Waals surface area contributed by atoms with Gasteiger partial charge in [0.05, 0.1) is 17.2 Å². The van der Waals surface area contributed by atoms with E-state index in [0.29, 0.717) is 41.9 Å². The second kappa shape index (κ2) is 8.54. The molecule has 0 radical (unpaired) electrons. The molecule has 1 heterocycles. The molecule has 3 rings (SSSR count). The number of amides is 1. The Morgan fingerprint density at radius 2 is 2.04 bits per heavy atom. The summed E-state index contributed by atoms with van der Waals surface area (Å²) < 4.78 is 5.93. The fourth-order valence-electron chi connectivity index (χ4n) is 3.44. The Morgan fingerprint density at radius 1 is 1.22 bits per heavy atom. The molecule has 0 spiro atoms. The van der Waals surface area contributed by atoms with Crippen molar-refractivity contribution in [2.45, 2.75) is 25.3 Å². The molecule has 0 aromatic heterocycles. The number of phenolic OH excluding ortho intramolecular Hbond substituents is 1. The number of benzene rings is 2. The molecule has 1 N–H and O–H groups in total. The van der Waals surface area contributed by atoms with Crippen LogP contribution in [0.25, 0.3) is 6.08 Å². The van der Waals surface area contributed by atoms with Gasteiger partial charge in [0.15, 0.2) is 6.29 Å². The summed E-state index contributed by atoms with van der Waals surface area (Å²) in [5.41, 5.74) is 1.36. The van der Waals surface area contributed by atoms with E-state index in [1.807, 2.05) is 0 Å². The van der Waals surface area contributed by atoms with Crippen molar-refractivity contribution in [2.24, 2.45) is 0 Å². The molecule has 5 heteroatoms. The Balaban J connectivity index is 1.78. The van der Waals surface area contributed by atoms with E-state index in [4.69, 9.17) is 4.74 Å². The van der Waals surface area contributed by atoms with Crippen molar-refractivity contribution in [1.82, 2.24) is 4.90 Å². The van der Waals surface area contributed by atoms with Gasteiger partial charge in [-0.15, -0.1) is 0 Å². The molecule has 5 nitrogen and oxygen atoms in total. The first-order chi connectivity index (χ1) is 13.2. The zero-order chi connectivity index (χ0) is 19.2. The summed E-state index contributed by atoms with van der Waals surface area (Å²) >= 11 is 0. The Labute approximate surface area is 158 Å². The number of hydrogen-bond acceptors (Lipinski definition) is 4. The zero-order valence-corrected chi connectivity index (χ0v) is 15.1. The summed E-state index contributed by atoms with van der Waals surface area (Å²) in [7, 11) is 0. The highest BCUT2D eigenvalue weighted by Crippen LogP contribution is 2.29. The Hall–Kier alpha value is -3.08. The smallest absolute Gasteiger partial charge is 0.254 e. The van der Waals surface area contributed by atoms with Crippen molar-refractivity contribution in [3.05, 3.63) is 65.7 Å². The van der Waals surface area contributed by atoms with Crippen LogP contribution in [0.15, 0.2) is 49.0 Å². The third-order valence-corrected chi connectivity index (χ3v) is 4.88. The topological polar surface area (TPSA) is 66.8 Å². The molecular weight excluding hydrogens is 342 g/mol. The van der Waals surface area contributed by atoms with Crippen LogP contribution in [-0.2, 0) is 0 Å². The molecule has 1 saturated heterocycles. The van der Waals surface area contributed by atoms with Crippen molar-refractivity contribution >= 4 is 18.3 Å². The van der Waals surface area contributed by atoms with E-state index in [-0.39, 0.29) is 17.7 Å². The molecule has 0 bridgehead atoms. The third kappa shape index (κ3) is 4.03.